The van der Waals surface area contributed by atoms with Crippen LogP contribution in [0, 0.1) is 6.92 Å². The van der Waals surface area contributed by atoms with Crippen molar-refractivity contribution in [1.29, 1.82) is 0 Å². The van der Waals surface area contributed by atoms with E-state index in [1.54, 1.807) is 0 Å². The van der Waals surface area contributed by atoms with Gasteiger partial charge in [-0.15, -0.1) is 11.6 Å². The standard InChI is InChI=1S/C12H20ClN3O/c1-11-14-4-6-16(11)7-5-15-12(10-13)2-8-17-9-3-12/h4,6,15H,2-3,5,7-10H2,1H3. The molecule has 0 spiro atoms. The molecule has 2 rings (SSSR count). The van der Waals surface area contributed by atoms with Gasteiger partial charge in [-0.3, -0.25) is 0 Å². The van der Waals surface area contributed by atoms with E-state index in [1.807, 2.05) is 19.3 Å². The van der Waals surface area contributed by atoms with Crippen molar-refractivity contribution in [3.05, 3.63) is 18.2 Å². The first kappa shape index (κ1) is 12.9. The van der Waals surface area contributed by atoms with Gasteiger partial charge in [-0.05, 0) is 19.8 Å². The summed E-state index contributed by atoms with van der Waals surface area (Å²) < 4.78 is 7.53. The molecule has 5 heteroatoms. The molecule has 0 aromatic carbocycles. The smallest absolute Gasteiger partial charge is 0.105 e. The minimum atomic E-state index is 0.0638. The zero-order chi connectivity index (χ0) is 12.1. The van der Waals surface area contributed by atoms with Crippen LogP contribution in [-0.2, 0) is 11.3 Å². The summed E-state index contributed by atoms with van der Waals surface area (Å²) in [6, 6.07) is 0. The van der Waals surface area contributed by atoms with Crippen molar-refractivity contribution < 1.29 is 4.74 Å². The third-order valence-corrected chi connectivity index (χ3v) is 3.99. The largest absolute Gasteiger partial charge is 0.381 e. The van der Waals surface area contributed by atoms with E-state index in [0.717, 1.165) is 45.0 Å². The van der Waals surface area contributed by atoms with Crippen LogP contribution < -0.4 is 5.32 Å². The molecule has 0 bridgehead atoms. The van der Waals surface area contributed by atoms with Crippen molar-refractivity contribution in [2.45, 2.75) is 31.8 Å². The van der Waals surface area contributed by atoms with Gasteiger partial charge in [0.05, 0.1) is 0 Å². The first-order valence-corrected chi connectivity index (χ1v) is 6.66. The Hall–Kier alpha value is -0.580. The van der Waals surface area contributed by atoms with Gasteiger partial charge in [0, 0.05) is 50.1 Å². The Kier molecular flexibility index (Phi) is 4.42. The minimum Gasteiger partial charge on any atom is -0.381 e. The van der Waals surface area contributed by atoms with Crippen LogP contribution >= 0.6 is 11.6 Å². The molecular formula is C12H20ClN3O. The van der Waals surface area contributed by atoms with Gasteiger partial charge in [0.2, 0.25) is 0 Å². The molecule has 17 heavy (non-hydrogen) atoms. The molecule has 0 saturated carbocycles. The zero-order valence-corrected chi connectivity index (χ0v) is 11.0. The van der Waals surface area contributed by atoms with Crippen LogP contribution in [0.15, 0.2) is 12.4 Å². The third kappa shape index (κ3) is 3.21. The normalized spacial score (nSPS) is 19.4. The summed E-state index contributed by atoms with van der Waals surface area (Å²) in [5, 5.41) is 3.59. The highest BCUT2D eigenvalue weighted by Gasteiger charge is 2.30. The molecule has 4 nitrogen and oxygen atoms in total. The number of rotatable bonds is 5. The fraction of sp³-hybridized carbons (Fsp3) is 0.750. The summed E-state index contributed by atoms with van der Waals surface area (Å²) in [5.41, 5.74) is 0.0638. The maximum absolute atomic E-state index is 6.09. The second-order valence-corrected chi connectivity index (χ2v) is 4.89. The molecule has 0 radical (unpaired) electrons. The van der Waals surface area contributed by atoms with Crippen LogP contribution in [0.3, 0.4) is 0 Å². The van der Waals surface area contributed by atoms with E-state index in [-0.39, 0.29) is 5.54 Å². The first-order valence-electron chi connectivity index (χ1n) is 6.12. The van der Waals surface area contributed by atoms with Crippen LogP contribution in [0.2, 0.25) is 0 Å². The summed E-state index contributed by atoms with van der Waals surface area (Å²) in [5.74, 6) is 1.71. The number of aryl methyl sites for hydroxylation is 1. The van der Waals surface area contributed by atoms with Gasteiger partial charge < -0.3 is 14.6 Å². The Bertz CT molecular complexity index is 347. The molecule has 0 amide bonds. The molecule has 2 heterocycles. The fourth-order valence-electron chi connectivity index (χ4n) is 2.20. The molecule has 0 atom stereocenters. The highest BCUT2D eigenvalue weighted by Crippen LogP contribution is 2.21. The van der Waals surface area contributed by atoms with Gasteiger partial charge >= 0.3 is 0 Å². The SMILES string of the molecule is Cc1nccn1CCNC1(CCl)CCOCC1. The molecule has 0 unspecified atom stereocenters. The van der Waals surface area contributed by atoms with Crippen LogP contribution in [0.1, 0.15) is 18.7 Å². The quantitative estimate of drug-likeness (QED) is 0.814. The van der Waals surface area contributed by atoms with E-state index >= 15 is 0 Å². The van der Waals surface area contributed by atoms with Crippen LogP contribution in [0.5, 0.6) is 0 Å². The van der Waals surface area contributed by atoms with Crippen molar-refractivity contribution in [2.75, 3.05) is 25.6 Å². The van der Waals surface area contributed by atoms with E-state index in [2.05, 4.69) is 14.9 Å². The van der Waals surface area contributed by atoms with E-state index in [9.17, 15) is 0 Å². The number of imidazole rings is 1. The van der Waals surface area contributed by atoms with E-state index < -0.39 is 0 Å². The summed E-state index contributed by atoms with van der Waals surface area (Å²) in [6.45, 7) is 5.49. The monoisotopic (exact) mass is 257 g/mol. The summed E-state index contributed by atoms with van der Waals surface area (Å²) >= 11 is 6.09. The maximum atomic E-state index is 6.09. The Morgan fingerprint density at radius 1 is 1.53 bits per heavy atom. The lowest BCUT2D eigenvalue weighted by molar-refractivity contribution is 0.0464. The number of aromatic nitrogens is 2. The van der Waals surface area contributed by atoms with E-state index in [0.29, 0.717) is 5.88 Å². The number of nitrogens with zero attached hydrogens (tertiary/aromatic N) is 2. The molecule has 1 aromatic heterocycles. The minimum absolute atomic E-state index is 0.0638. The summed E-state index contributed by atoms with van der Waals surface area (Å²) in [7, 11) is 0. The van der Waals surface area contributed by atoms with E-state index in [1.165, 1.54) is 0 Å². The fourth-order valence-corrected chi connectivity index (χ4v) is 2.56. The Morgan fingerprint density at radius 2 is 2.29 bits per heavy atom. The molecule has 1 aliphatic heterocycles. The molecule has 1 aliphatic rings. The van der Waals surface area contributed by atoms with Crippen molar-refractivity contribution in [3.63, 3.8) is 0 Å². The highest BCUT2D eigenvalue weighted by molar-refractivity contribution is 6.18. The maximum Gasteiger partial charge on any atom is 0.105 e. The Labute approximate surface area is 107 Å². The molecule has 1 N–H and O–H groups in total. The molecule has 1 fully saturated rings. The molecular weight excluding hydrogens is 238 g/mol. The predicted molar refractivity (Wildman–Crippen MR) is 68.5 cm³/mol. The number of hydrogen-bond donors (Lipinski definition) is 1. The average Bonchev–Trinajstić information content (AvgIpc) is 2.76. The second-order valence-electron chi connectivity index (χ2n) is 4.62. The number of hydrogen-bond acceptors (Lipinski definition) is 3. The third-order valence-electron chi connectivity index (χ3n) is 3.48. The molecule has 96 valence electrons. The van der Waals surface area contributed by atoms with Gasteiger partial charge in [0.1, 0.15) is 5.82 Å². The number of alkyl halides is 1. The second kappa shape index (κ2) is 5.85. The van der Waals surface area contributed by atoms with Crippen molar-refractivity contribution in [3.8, 4) is 0 Å². The number of halogens is 1. The Balaban J connectivity index is 1.82. The topological polar surface area (TPSA) is 39.1 Å². The first-order chi connectivity index (χ1) is 8.26. The molecule has 0 aliphatic carbocycles. The highest BCUT2D eigenvalue weighted by atomic mass is 35.5. The van der Waals surface area contributed by atoms with Gasteiger partial charge in [0.25, 0.3) is 0 Å². The van der Waals surface area contributed by atoms with Crippen LogP contribution in [0.4, 0.5) is 0 Å². The van der Waals surface area contributed by atoms with Crippen molar-refractivity contribution in [1.82, 2.24) is 14.9 Å². The summed E-state index contributed by atoms with van der Waals surface area (Å²) in [6.07, 6.45) is 5.84. The van der Waals surface area contributed by atoms with Crippen LogP contribution in [0.25, 0.3) is 0 Å². The van der Waals surface area contributed by atoms with Crippen LogP contribution in [-0.4, -0.2) is 40.7 Å². The zero-order valence-electron chi connectivity index (χ0n) is 10.3. The van der Waals surface area contributed by atoms with Gasteiger partial charge in [-0.25, -0.2) is 4.98 Å². The van der Waals surface area contributed by atoms with E-state index in [4.69, 9.17) is 16.3 Å². The number of ether oxygens (including phenoxy) is 1. The number of nitrogens with one attached hydrogen (secondary N) is 1. The summed E-state index contributed by atoms with van der Waals surface area (Å²) in [4.78, 5) is 4.21. The van der Waals surface area contributed by atoms with Gasteiger partial charge in [-0.1, -0.05) is 0 Å². The lowest BCUT2D eigenvalue weighted by atomic mass is 9.92. The average molecular weight is 258 g/mol. The van der Waals surface area contributed by atoms with Gasteiger partial charge in [0.15, 0.2) is 0 Å². The Morgan fingerprint density at radius 3 is 2.88 bits per heavy atom. The predicted octanol–water partition coefficient (Wildman–Crippen LogP) is 1.57. The molecule has 1 saturated heterocycles. The van der Waals surface area contributed by atoms with Crippen molar-refractivity contribution in [2.24, 2.45) is 0 Å². The van der Waals surface area contributed by atoms with Gasteiger partial charge in [-0.2, -0.15) is 0 Å². The lowest BCUT2D eigenvalue weighted by Gasteiger charge is -2.36. The molecule has 1 aromatic rings. The lowest BCUT2D eigenvalue weighted by Crippen LogP contribution is -2.51. The van der Waals surface area contributed by atoms with Crippen molar-refractivity contribution >= 4 is 11.6 Å².